The van der Waals surface area contributed by atoms with Crippen molar-refractivity contribution in [1.29, 1.82) is 0 Å². The fraction of sp³-hybridized carbons (Fsp3) is 0.625. The Kier molecular flexibility index (Phi) is 3.10. The summed E-state index contributed by atoms with van der Waals surface area (Å²) in [6.45, 7) is 4.86. The van der Waals surface area contributed by atoms with Crippen molar-refractivity contribution >= 4 is 0 Å². The number of hydrogen-bond acceptors (Lipinski definition) is 3. The van der Waals surface area contributed by atoms with Crippen LogP contribution in [0.3, 0.4) is 0 Å². The molecule has 0 saturated carbocycles. The van der Waals surface area contributed by atoms with Crippen molar-refractivity contribution in [1.82, 2.24) is 15.1 Å². The molecule has 1 rings (SSSR count). The van der Waals surface area contributed by atoms with Crippen LogP contribution >= 0.6 is 0 Å². The second-order valence-electron chi connectivity index (χ2n) is 2.58. The minimum atomic E-state index is 0.0273. The molecule has 4 heteroatoms. The van der Waals surface area contributed by atoms with Crippen LogP contribution in [0.5, 0.6) is 5.75 Å². The number of aromatic nitrogens is 2. The quantitative estimate of drug-likeness (QED) is 0.679. The number of nitrogens with one attached hydrogen (secondary N) is 1. The number of ether oxygens (including phenoxy) is 1. The molecule has 0 aliphatic carbocycles. The Morgan fingerprint density at radius 3 is 3.00 bits per heavy atom. The first-order chi connectivity index (χ1) is 5.76. The molecule has 0 radical (unpaired) electrons. The highest BCUT2D eigenvalue weighted by molar-refractivity contribution is 5.11. The van der Waals surface area contributed by atoms with E-state index in [2.05, 4.69) is 10.4 Å². The van der Waals surface area contributed by atoms with Gasteiger partial charge in [0.2, 0.25) is 0 Å². The molecule has 68 valence electrons. The van der Waals surface area contributed by atoms with Gasteiger partial charge in [0, 0.05) is 6.54 Å². The second kappa shape index (κ2) is 4.11. The molecular weight excluding hydrogens is 154 g/mol. The van der Waals surface area contributed by atoms with E-state index in [4.69, 9.17) is 4.74 Å². The largest absolute Gasteiger partial charge is 0.472 e. The average Bonchev–Trinajstić information content (AvgIpc) is 2.52. The molecule has 0 fully saturated rings. The van der Waals surface area contributed by atoms with Gasteiger partial charge >= 0.3 is 0 Å². The number of nitrogens with zero attached hydrogens (tertiary/aromatic N) is 2. The minimum absolute atomic E-state index is 0.0273. The van der Waals surface area contributed by atoms with Crippen molar-refractivity contribution < 1.29 is 4.74 Å². The average molecular weight is 169 g/mol. The van der Waals surface area contributed by atoms with E-state index in [9.17, 15) is 0 Å². The molecule has 0 amide bonds. The Balaban J connectivity index is 2.52. The van der Waals surface area contributed by atoms with Crippen LogP contribution in [0.1, 0.15) is 13.8 Å². The smallest absolute Gasteiger partial charge is 0.159 e. The molecule has 1 atom stereocenters. The Hall–Kier alpha value is -1.03. The zero-order valence-electron chi connectivity index (χ0n) is 7.74. The Bertz CT molecular complexity index is 234. The molecule has 4 nitrogen and oxygen atoms in total. The highest BCUT2D eigenvalue weighted by atomic mass is 16.5. The van der Waals surface area contributed by atoms with E-state index < -0.39 is 0 Å². The highest BCUT2D eigenvalue weighted by Crippen LogP contribution is 2.08. The number of hydrogen-bond donors (Lipinski definition) is 1. The number of rotatable bonds is 4. The predicted molar refractivity (Wildman–Crippen MR) is 47.1 cm³/mol. The lowest BCUT2D eigenvalue weighted by molar-refractivity contribution is 0.193. The molecule has 0 aromatic carbocycles. The van der Waals surface area contributed by atoms with Gasteiger partial charge in [-0.3, -0.25) is 10.00 Å². The van der Waals surface area contributed by atoms with Gasteiger partial charge in [0.15, 0.2) is 5.75 Å². The van der Waals surface area contributed by atoms with E-state index in [1.165, 1.54) is 0 Å². The summed E-state index contributed by atoms with van der Waals surface area (Å²) in [5, 5.41) is 7.07. The van der Waals surface area contributed by atoms with Gasteiger partial charge in [-0.05, 0) is 20.9 Å². The molecule has 0 aliphatic heterocycles. The summed E-state index contributed by atoms with van der Waals surface area (Å²) in [5.41, 5.74) is 0. The van der Waals surface area contributed by atoms with E-state index >= 15 is 0 Å². The Morgan fingerprint density at radius 2 is 2.50 bits per heavy atom. The lowest BCUT2D eigenvalue weighted by Crippen LogP contribution is -2.27. The van der Waals surface area contributed by atoms with E-state index in [1.807, 2.05) is 31.8 Å². The van der Waals surface area contributed by atoms with Gasteiger partial charge in [0.1, 0.15) is 6.23 Å². The van der Waals surface area contributed by atoms with Gasteiger partial charge in [-0.25, -0.2) is 0 Å². The molecule has 0 aliphatic rings. The summed E-state index contributed by atoms with van der Waals surface area (Å²) in [5.74, 6) is 0.804. The molecule has 0 saturated heterocycles. The summed E-state index contributed by atoms with van der Waals surface area (Å²) in [6, 6.07) is 0. The molecule has 0 bridgehead atoms. The number of aryl methyl sites for hydroxylation is 1. The van der Waals surface area contributed by atoms with Crippen molar-refractivity contribution in [2.75, 3.05) is 7.05 Å². The van der Waals surface area contributed by atoms with Gasteiger partial charge in [0.05, 0.1) is 12.4 Å². The lowest BCUT2D eigenvalue weighted by atomic mass is 10.6. The van der Waals surface area contributed by atoms with Crippen molar-refractivity contribution in [3.8, 4) is 5.75 Å². The summed E-state index contributed by atoms with van der Waals surface area (Å²) in [4.78, 5) is 0. The van der Waals surface area contributed by atoms with Crippen LogP contribution in [0.25, 0.3) is 0 Å². The first kappa shape index (κ1) is 9.06. The molecule has 1 aromatic rings. The third-order valence-electron chi connectivity index (χ3n) is 1.65. The molecule has 12 heavy (non-hydrogen) atoms. The lowest BCUT2D eigenvalue weighted by Gasteiger charge is -2.10. The van der Waals surface area contributed by atoms with Gasteiger partial charge in [-0.15, -0.1) is 0 Å². The Labute approximate surface area is 72.5 Å². The van der Waals surface area contributed by atoms with Crippen molar-refractivity contribution in [2.24, 2.45) is 0 Å². The molecule has 1 heterocycles. The fourth-order valence-electron chi connectivity index (χ4n) is 0.841. The van der Waals surface area contributed by atoms with Crippen LogP contribution in [-0.2, 0) is 6.54 Å². The zero-order chi connectivity index (χ0) is 8.97. The topological polar surface area (TPSA) is 39.1 Å². The molecule has 0 spiro atoms. The van der Waals surface area contributed by atoms with Crippen LogP contribution in [0, 0.1) is 0 Å². The van der Waals surface area contributed by atoms with Crippen LogP contribution in [-0.4, -0.2) is 23.1 Å². The fourth-order valence-corrected chi connectivity index (χ4v) is 0.841. The van der Waals surface area contributed by atoms with Crippen LogP contribution < -0.4 is 10.1 Å². The first-order valence-corrected chi connectivity index (χ1v) is 4.12. The predicted octanol–water partition coefficient (Wildman–Crippen LogP) is 0.847. The van der Waals surface area contributed by atoms with Gasteiger partial charge < -0.3 is 4.74 Å². The van der Waals surface area contributed by atoms with Gasteiger partial charge in [0.25, 0.3) is 0 Å². The molecule has 1 unspecified atom stereocenters. The summed E-state index contributed by atoms with van der Waals surface area (Å²) in [6.07, 6.45) is 3.63. The van der Waals surface area contributed by atoms with Crippen LogP contribution in [0.2, 0.25) is 0 Å². The standard InChI is InChI=1S/C8H15N3O/c1-4-11-6-8(5-10-11)12-7(2)9-3/h5-7,9H,4H2,1-3H3. The van der Waals surface area contributed by atoms with E-state index in [0.29, 0.717) is 0 Å². The van der Waals surface area contributed by atoms with Gasteiger partial charge in [-0.1, -0.05) is 0 Å². The van der Waals surface area contributed by atoms with Crippen LogP contribution in [0.15, 0.2) is 12.4 Å². The Morgan fingerprint density at radius 1 is 1.75 bits per heavy atom. The summed E-state index contributed by atoms with van der Waals surface area (Å²) < 4.78 is 7.28. The minimum Gasteiger partial charge on any atom is -0.472 e. The highest BCUT2D eigenvalue weighted by Gasteiger charge is 2.01. The van der Waals surface area contributed by atoms with Crippen molar-refractivity contribution in [3.05, 3.63) is 12.4 Å². The zero-order valence-corrected chi connectivity index (χ0v) is 7.74. The summed E-state index contributed by atoms with van der Waals surface area (Å²) in [7, 11) is 1.86. The maximum atomic E-state index is 5.45. The van der Waals surface area contributed by atoms with Crippen LogP contribution in [0.4, 0.5) is 0 Å². The first-order valence-electron chi connectivity index (χ1n) is 4.12. The maximum absolute atomic E-state index is 5.45. The van der Waals surface area contributed by atoms with Crippen molar-refractivity contribution in [3.63, 3.8) is 0 Å². The molecule has 1 N–H and O–H groups in total. The third-order valence-corrected chi connectivity index (χ3v) is 1.65. The molecular formula is C8H15N3O. The van der Waals surface area contributed by atoms with E-state index in [0.717, 1.165) is 12.3 Å². The summed E-state index contributed by atoms with van der Waals surface area (Å²) >= 11 is 0. The van der Waals surface area contributed by atoms with E-state index in [-0.39, 0.29) is 6.23 Å². The van der Waals surface area contributed by atoms with Crippen molar-refractivity contribution in [2.45, 2.75) is 26.6 Å². The third kappa shape index (κ3) is 2.23. The van der Waals surface area contributed by atoms with E-state index in [1.54, 1.807) is 6.20 Å². The second-order valence-corrected chi connectivity index (χ2v) is 2.58. The maximum Gasteiger partial charge on any atom is 0.159 e. The molecule has 1 aromatic heterocycles. The SMILES string of the molecule is CCn1cc(OC(C)NC)cn1. The monoisotopic (exact) mass is 169 g/mol. The van der Waals surface area contributed by atoms with Gasteiger partial charge in [-0.2, -0.15) is 5.10 Å². The normalized spacial score (nSPS) is 12.9.